The number of nitro benzene ring substituents is 1. The lowest BCUT2D eigenvalue weighted by molar-refractivity contribution is -0.385. The number of nitrogens with zero attached hydrogens (tertiary/aromatic N) is 1. The van der Waals surface area contributed by atoms with E-state index in [9.17, 15) is 22.9 Å². The van der Waals surface area contributed by atoms with Gasteiger partial charge >= 0.3 is 0 Å². The molecular formula is C11H13FN2O4S. The van der Waals surface area contributed by atoms with Gasteiger partial charge in [0.25, 0.3) is 5.69 Å². The van der Waals surface area contributed by atoms with Crippen molar-refractivity contribution in [2.75, 3.05) is 11.5 Å². The van der Waals surface area contributed by atoms with Crippen molar-refractivity contribution in [2.45, 2.75) is 18.4 Å². The standard InChI is InChI=1S/C11H13FN2O4S/c12-9-3-8(4-10(5-9)14(15)16)6-11(13)1-2-19(17,18)7-11/h3-5H,1-2,6-7,13H2. The van der Waals surface area contributed by atoms with Gasteiger partial charge < -0.3 is 5.73 Å². The predicted molar refractivity (Wildman–Crippen MR) is 66.9 cm³/mol. The van der Waals surface area contributed by atoms with Crippen molar-refractivity contribution in [3.8, 4) is 0 Å². The molecule has 1 aromatic carbocycles. The number of rotatable bonds is 3. The van der Waals surface area contributed by atoms with E-state index in [1.807, 2.05) is 0 Å². The van der Waals surface area contributed by atoms with Crippen LogP contribution in [-0.4, -0.2) is 30.4 Å². The van der Waals surface area contributed by atoms with Gasteiger partial charge in [0.15, 0.2) is 9.84 Å². The second-order valence-electron chi connectivity index (χ2n) is 4.96. The molecule has 2 N–H and O–H groups in total. The van der Waals surface area contributed by atoms with E-state index in [2.05, 4.69) is 0 Å². The molecule has 6 nitrogen and oxygen atoms in total. The van der Waals surface area contributed by atoms with E-state index < -0.39 is 26.1 Å². The summed E-state index contributed by atoms with van der Waals surface area (Å²) in [7, 11) is -3.16. The highest BCUT2D eigenvalue weighted by atomic mass is 32.2. The molecule has 104 valence electrons. The summed E-state index contributed by atoms with van der Waals surface area (Å²) in [6, 6.07) is 3.19. The number of sulfone groups is 1. The van der Waals surface area contributed by atoms with E-state index in [4.69, 9.17) is 5.73 Å². The largest absolute Gasteiger partial charge is 0.324 e. The molecule has 1 unspecified atom stereocenters. The van der Waals surface area contributed by atoms with Gasteiger partial charge in [0.05, 0.1) is 22.5 Å². The third-order valence-electron chi connectivity index (χ3n) is 3.13. The van der Waals surface area contributed by atoms with Crippen LogP contribution in [0.15, 0.2) is 18.2 Å². The van der Waals surface area contributed by atoms with Crippen LogP contribution >= 0.6 is 0 Å². The fraction of sp³-hybridized carbons (Fsp3) is 0.455. The smallest absolute Gasteiger partial charge is 0.272 e. The SMILES string of the molecule is NC1(Cc2cc(F)cc([N+](=O)[O-])c2)CCS(=O)(=O)C1. The van der Waals surface area contributed by atoms with Gasteiger partial charge in [-0.2, -0.15) is 0 Å². The Morgan fingerprint density at radius 1 is 1.42 bits per heavy atom. The molecule has 0 aromatic heterocycles. The first kappa shape index (κ1) is 13.9. The topological polar surface area (TPSA) is 103 Å². The van der Waals surface area contributed by atoms with Crippen molar-refractivity contribution in [3.63, 3.8) is 0 Å². The van der Waals surface area contributed by atoms with Gasteiger partial charge in [-0.1, -0.05) is 0 Å². The van der Waals surface area contributed by atoms with Gasteiger partial charge in [-0.3, -0.25) is 10.1 Å². The van der Waals surface area contributed by atoms with Gasteiger partial charge in [0, 0.05) is 11.6 Å². The molecule has 0 radical (unpaired) electrons. The summed E-state index contributed by atoms with van der Waals surface area (Å²) in [5.41, 5.74) is 4.98. The van der Waals surface area contributed by atoms with Crippen molar-refractivity contribution in [3.05, 3.63) is 39.7 Å². The second kappa shape index (κ2) is 4.53. The molecule has 2 rings (SSSR count). The molecule has 1 aromatic rings. The number of non-ortho nitro benzene ring substituents is 1. The van der Waals surface area contributed by atoms with Crippen LogP contribution in [0, 0.1) is 15.9 Å². The lowest BCUT2D eigenvalue weighted by Gasteiger charge is -2.21. The molecule has 1 fully saturated rings. The van der Waals surface area contributed by atoms with E-state index >= 15 is 0 Å². The van der Waals surface area contributed by atoms with Gasteiger partial charge in [-0.25, -0.2) is 12.8 Å². The normalized spacial score (nSPS) is 25.4. The maximum absolute atomic E-state index is 13.3. The van der Waals surface area contributed by atoms with Crippen LogP contribution in [0.25, 0.3) is 0 Å². The van der Waals surface area contributed by atoms with Gasteiger partial charge in [-0.15, -0.1) is 0 Å². The van der Waals surface area contributed by atoms with Crippen molar-refractivity contribution in [1.82, 2.24) is 0 Å². The van der Waals surface area contributed by atoms with E-state index in [0.29, 0.717) is 5.56 Å². The lowest BCUT2D eigenvalue weighted by Crippen LogP contribution is -2.43. The molecule has 1 atom stereocenters. The molecule has 0 spiro atoms. The zero-order valence-corrected chi connectivity index (χ0v) is 10.8. The van der Waals surface area contributed by atoms with Crippen LogP contribution in [0.2, 0.25) is 0 Å². The Kier molecular flexibility index (Phi) is 3.31. The zero-order chi connectivity index (χ0) is 14.3. The number of halogens is 1. The maximum atomic E-state index is 13.3. The number of hydrogen-bond acceptors (Lipinski definition) is 5. The summed E-state index contributed by atoms with van der Waals surface area (Å²) in [5.74, 6) is -0.903. The van der Waals surface area contributed by atoms with E-state index in [-0.39, 0.29) is 30.0 Å². The number of nitrogens with two attached hydrogens (primary N) is 1. The first-order valence-corrected chi connectivity index (χ1v) is 7.44. The molecule has 19 heavy (non-hydrogen) atoms. The highest BCUT2D eigenvalue weighted by Gasteiger charge is 2.39. The van der Waals surface area contributed by atoms with Gasteiger partial charge in [-0.05, 0) is 24.5 Å². The molecule has 0 saturated carbocycles. The van der Waals surface area contributed by atoms with Crippen LogP contribution in [0.5, 0.6) is 0 Å². The Hall–Kier alpha value is -1.54. The van der Waals surface area contributed by atoms with E-state index in [1.165, 1.54) is 6.07 Å². The third-order valence-corrected chi connectivity index (χ3v) is 4.97. The van der Waals surface area contributed by atoms with Gasteiger partial charge in [0.2, 0.25) is 0 Å². The summed E-state index contributed by atoms with van der Waals surface area (Å²) in [6.07, 6.45) is 0.379. The van der Waals surface area contributed by atoms with Crippen LogP contribution in [0.1, 0.15) is 12.0 Å². The van der Waals surface area contributed by atoms with Crippen molar-refractivity contribution < 1.29 is 17.7 Å². The summed E-state index contributed by atoms with van der Waals surface area (Å²) in [6.45, 7) is 0. The third kappa shape index (κ3) is 3.27. The van der Waals surface area contributed by atoms with Crippen LogP contribution in [0.3, 0.4) is 0 Å². The highest BCUT2D eigenvalue weighted by Crippen LogP contribution is 2.27. The Labute approximate surface area is 109 Å². The minimum absolute atomic E-state index is 0.000902. The Morgan fingerprint density at radius 3 is 2.63 bits per heavy atom. The van der Waals surface area contributed by atoms with Gasteiger partial charge in [0.1, 0.15) is 5.82 Å². The molecule has 1 aliphatic heterocycles. The Bertz CT molecular complexity index is 632. The fourth-order valence-corrected chi connectivity index (χ4v) is 4.31. The van der Waals surface area contributed by atoms with Crippen molar-refractivity contribution in [1.29, 1.82) is 0 Å². The molecule has 8 heteroatoms. The van der Waals surface area contributed by atoms with Crippen LogP contribution in [-0.2, 0) is 16.3 Å². The molecular weight excluding hydrogens is 275 g/mol. The summed E-state index contributed by atoms with van der Waals surface area (Å²) in [4.78, 5) is 9.94. The first-order valence-electron chi connectivity index (χ1n) is 5.62. The molecule has 0 aliphatic carbocycles. The number of hydrogen-bond donors (Lipinski definition) is 1. The zero-order valence-electron chi connectivity index (χ0n) is 10.0. The molecule has 0 amide bonds. The fourth-order valence-electron chi connectivity index (χ4n) is 2.33. The summed E-state index contributed by atoms with van der Waals surface area (Å²) < 4.78 is 36.1. The minimum Gasteiger partial charge on any atom is -0.324 e. The average molecular weight is 288 g/mol. The Balaban J connectivity index is 2.27. The molecule has 1 saturated heterocycles. The second-order valence-corrected chi connectivity index (χ2v) is 7.14. The number of nitro groups is 1. The summed E-state index contributed by atoms with van der Waals surface area (Å²) >= 11 is 0. The first-order chi connectivity index (χ1) is 8.69. The minimum atomic E-state index is -3.16. The molecule has 1 aliphatic rings. The van der Waals surface area contributed by atoms with E-state index in [0.717, 1.165) is 12.1 Å². The lowest BCUT2D eigenvalue weighted by atomic mass is 9.91. The Morgan fingerprint density at radius 2 is 2.11 bits per heavy atom. The van der Waals surface area contributed by atoms with Crippen LogP contribution in [0.4, 0.5) is 10.1 Å². The monoisotopic (exact) mass is 288 g/mol. The highest BCUT2D eigenvalue weighted by molar-refractivity contribution is 7.91. The van der Waals surface area contributed by atoms with Crippen molar-refractivity contribution in [2.24, 2.45) is 5.73 Å². The average Bonchev–Trinajstić information content (AvgIpc) is 2.51. The van der Waals surface area contributed by atoms with Crippen molar-refractivity contribution >= 4 is 15.5 Å². The van der Waals surface area contributed by atoms with Crippen LogP contribution < -0.4 is 5.73 Å². The van der Waals surface area contributed by atoms with E-state index in [1.54, 1.807) is 0 Å². The molecule has 1 heterocycles. The predicted octanol–water partition coefficient (Wildman–Crippen LogP) is 0.792. The quantitative estimate of drug-likeness (QED) is 0.654. The molecule has 0 bridgehead atoms. The number of benzene rings is 1. The maximum Gasteiger partial charge on any atom is 0.272 e. The summed E-state index contributed by atoms with van der Waals surface area (Å²) in [5, 5.41) is 10.6.